The Morgan fingerprint density at radius 2 is 2.24 bits per heavy atom. The maximum atomic E-state index is 11.7. The van der Waals surface area contributed by atoms with Crippen LogP contribution in [-0.4, -0.2) is 15.9 Å². The van der Waals surface area contributed by atoms with Crippen molar-refractivity contribution in [2.24, 2.45) is 11.3 Å². The van der Waals surface area contributed by atoms with Crippen LogP contribution in [0.5, 0.6) is 0 Å². The molecule has 1 aromatic heterocycles. The average molecular weight is 237 g/mol. The highest BCUT2D eigenvalue weighted by Gasteiger charge is 2.17. The van der Waals surface area contributed by atoms with E-state index in [1.807, 2.05) is 0 Å². The number of amides is 1. The molecule has 1 heterocycles. The summed E-state index contributed by atoms with van der Waals surface area (Å²) in [6.07, 6.45) is 4.98. The first-order valence-corrected chi connectivity index (χ1v) is 6.11. The molecule has 1 aromatic rings. The van der Waals surface area contributed by atoms with Crippen LogP contribution in [0, 0.1) is 11.3 Å². The highest BCUT2D eigenvalue weighted by atomic mass is 16.1. The lowest BCUT2D eigenvalue weighted by Gasteiger charge is -2.22. The van der Waals surface area contributed by atoms with Gasteiger partial charge in [-0.25, -0.2) is 4.98 Å². The third kappa shape index (κ3) is 6.09. The Kier molecular flexibility index (Phi) is 4.73. The predicted molar refractivity (Wildman–Crippen MR) is 68.3 cm³/mol. The van der Waals surface area contributed by atoms with Crippen LogP contribution in [0.25, 0.3) is 0 Å². The van der Waals surface area contributed by atoms with Crippen LogP contribution < -0.4 is 5.32 Å². The van der Waals surface area contributed by atoms with E-state index in [1.54, 1.807) is 12.5 Å². The van der Waals surface area contributed by atoms with Crippen LogP contribution >= 0.6 is 0 Å². The van der Waals surface area contributed by atoms with Crippen molar-refractivity contribution in [3.05, 3.63) is 18.2 Å². The van der Waals surface area contributed by atoms with Gasteiger partial charge in [-0.3, -0.25) is 4.79 Å². The number of H-pyrrole nitrogens is 1. The minimum Gasteiger partial charge on any atom is -0.350 e. The van der Waals surface area contributed by atoms with Gasteiger partial charge in [-0.05, 0) is 17.8 Å². The second kappa shape index (κ2) is 5.84. The van der Waals surface area contributed by atoms with E-state index in [1.165, 1.54) is 0 Å². The summed E-state index contributed by atoms with van der Waals surface area (Å²) in [5.41, 5.74) is 1.21. The molecule has 1 amide bonds. The van der Waals surface area contributed by atoms with E-state index in [9.17, 15) is 4.79 Å². The van der Waals surface area contributed by atoms with E-state index in [4.69, 9.17) is 0 Å². The Morgan fingerprint density at radius 3 is 2.76 bits per heavy atom. The Hall–Kier alpha value is -1.32. The SMILES string of the molecule is CC(CC(=O)NCc1cnc[nH]1)CC(C)(C)C. The number of aromatic nitrogens is 2. The van der Waals surface area contributed by atoms with E-state index in [0.717, 1.165) is 12.1 Å². The van der Waals surface area contributed by atoms with Crippen molar-refractivity contribution in [2.45, 2.75) is 47.1 Å². The summed E-state index contributed by atoms with van der Waals surface area (Å²) < 4.78 is 0. The number of imidazole rings is 1. The summed E-state index contributed by atoms with van der Waals surface area (Å²) in [4.78, 5) is 18.6. The van der Waals surface area contributed by atoms with E-state index in [0.29, 0.717) is 18.9 Å². The average Bonchev–Trinajstić information content (AvgIpc) is 2.63. The molecule has 2 N–H and O–H groups in total. The third-order valence-electron chi connectivity index (χ3n) is 2.53. The zero-order valence-corrected chi connectivity index (χ0v) is 11.2. The molecule has 0 aromatic carbocycles. The maximum absolute atomic E-state index is 11.7. The zero-order chi connectivity index (χ0) is 12.9. The van der Waals surface area contributed by atoms with E-state index >= 15 is 0 Å². The molecule has 4 nitrogen and oxygen atoms in total. The number of carbonyl (C=O) groups is 1. The van der Waals surface area contributed by atoms with Gasteiger partial charge in [0.05, 0.1) is 18.6 Å². The topological polar surface area (TPSA) is 57.8 Å². The maximum Gasteiger partial charge on any atom is 0.220 e. The lowest BCUT2D eigenvalue weighted by molar-refractivity contribution is -0.122. The summed E-state index contributed by atoms with van der Waals surface area (Å²) in [6, 6.07) is 0. The summed E-state index contributed by atoms with van der Waals surface area (Å²) in [7, 11) is 0. The minimum absolute atomic E-state index is 0.108. The van der Waals surface area contributed by atoms with Gasteiger partial charge in [-0.2, -0.15) is 0 Å². The Balaban J connectivity index is 2.25. The molecule has 4 heteroatoms. The first-order valence-electron chi connectivity index (χ1n) is 6.11. The molecule has 96 valence electrons. The van der Waals surface area contributed by atoms with Crippen LogP contribution in [0.3, 0.4) is 0 Å². The van der Waals surface area contributed by atoms with Crippen LogP contribution in [0.1, 0.15) is 46.2 Å². The number of aromatic amines is 1. The number of rotatable bonds is 5. The van der Waals surface area contributed by atoms with E-state index in [-0.39, 0.29) is 11.3 Å². The molecule has 0 saturated heterocycles. The van der Waals surface area contributed by atoms with Crippen LogP contribution in [0.4, 0.5) is 0 Å². The molecule has 0 aliphatic heterocycles. The number of nitrogens with one attached hydrogen (secondary N) is 2. The molecule has 0 bridgehead atoms. The van der Waals surface area contributed by atoms with Gasteiger partial charge >= 0.3 is 0 Å². The van der Waals surface area contributed by atoms with Gasteiger partial charge in [-0.15, -0.1) is 0 Å². The highest BCUT2D eigenvalue weighted by Crippen LogP contribution is 2.25. The lowest BCUT2D eigenvalue weighted by Crippen LogP contribution is -2.25. The van der Waals surface area contributed by atoms with Crippen LogP contribution in [-0.2, 0) is 11.3 Å². The normalized spacial score (nSPS) is 13.4. The van der Waals surface area contributed by atoms with Crippen molar-refractivity contribution in [3.63, 3.8) is 0 Å². The molecule has 0 fully saturated rings. The second-order valence-corrected chi connectivity index (χ2v) is 5.93. The van der Waals surface area contributed by atoms with Crippen LogP contribution in [0.15, 0.2) is 12.5 Å². The summed E-state index contributed by atoms with van der Waals surface area (Å²) in [6.45, 7) is 9.26. The Labute approximate surface area is 103 Å². The fraction of sp³-hybridized carbons (Fsp3) is 0.692. The van der Waals surface area contributed by atoms with Crippen molar-refractivity contribution in [3.8, 4) is 0 Å². The summed E-state index contributed by atoms with van der Waals surface area (Å²) in [5.74, 6) is 0.521. The molecule has 1 unspecified atom stereocenters. The molecule has 0 aliphatic carbocycles. The molecule has 1 rings (SSSR count). The lowest BCUT2D eigenvalue weighted by atomic mass is 9.84. The number of nitrogens with zero attached hydrogens (tertiary/aromatic N) is 1. The molecular weight excluding hydrogens is 214 g/mol. The molecular formula is C13H23N3O. The quantitative estimate of drug-likeness (QED) is 0.826. The Bertz CT molecular complexity index is 338. The van der Waals surface area contributed by atoms with Crippen molar-refractivity contribution < 1.29 is 4.79 Å². The number of hydrogen-bond donors (Lipinski definition) is 2. The summed E-state index contributed by atoms with van der Waals surface area (Å²) >= 11 is 0. The van der Waals surface area contributed by atoms with Gasteiger partial charge in [-0.1, -0.05) is 27.7 Å². The zero-order valence-electron chi connectivity index (χ0n) is 11.2. The largest absolute Gasteiger partial charge is 0.350 e. The number of hydrogen-bond acceptors (Lipinski definition) is 2. The standard InChI is InChI=1S/C13H23N3O/c1-10(6-13(2,3)4)5-12(17)15-8-11-7-14-9-16-11/h7,9-10H,5-6,8H2,1-4H3,(H,14,16)(H,15,17). The van der Waals surface area contributed by atoms with Gasteiger partial charge in [0.15, 0.2) is 0 Å². The first kappa shape index (κ1) is 13.7. The van der Waals surface area contributed by atoms with Crippen molar-refractivity contribution in [1.29, 1.82) is 0 Å². The fourth-order valence-electron chi connectivity index (χ4n) is 2.08. The molecule has 1 atom stereocenters. The smallest absolute Gasteiger partial charge is 0.220 e. The highest BCUT2D eigenvalue weighted by molar-refractivity contribution is 5.76. The first-order chi connectivity index (χ1) is 7.87. The molecule has 0 spiro atoms. The monoisotopic (exact) mass is 237 g/mol. The van der Waals surface area contributed by atoms with Crippen molar-refractivity contribution in [1.82, 2.24) is 15.3 Å². The number of carbonyl (C=O) groups excluding carboxylic acids is 1. The van der Waals surface area contributed by atoms with Gasteiger partial charge in [0.1, 0.15) is 0 Å². The molecule has 0 radical (unpaired) electrons. The second-order valence-electron chi connectivity index (χ2n) is 5.93. The van der Waals surface area contributed by atoms with Crippen molar-refractivity contribution in [2.75, 3.05) is 0 Å². The van der Waals surface area contributed by atoms with Gasteiger partial charge < -0.3 is 10.3 Å². The van der Waals surface area contributed by atoms with Gasteiger partial charge in [0.25, 0.3) is 0 Å². The van der Waals surface area contributed by atoms with Crippen molar-refractivity contribution >= 4 is 5.91 Å². The Morgan fingerprint density at radius 1 is 1.53 bits per heavy atom. The predicted octanol–water partition coefficient (Wildman–Crippen LogP) is 2.49. The minimum atomic E-state index is 0.108. The van der Waals surface area contributed by atoms with E-state index in [2.05, 4.69) is 43.0 Å². The van der Waals surface area contributed by atoms with Gasteiger partial charge in [0, 0.05) is 12.6 Å². The molecule has 0 aliphatic rings. The summed E-state index contributed by atoms with van der Waals surface area (Å²) in [5, 5.41) is 2.89. The van der Waals surface area contributed by atoms with E-state index < -0.39 is 0 Å². The third-order valence-corrected chi connectivity index (χ3v) is 2.53. The fourth-order valence-corrected chi connectivity index (χ4v) is 2.08. The molecule has 17 heavy (non-hydrogen) atoms. The molecule has 0 saturated carbocycles. The van der Waals surface area contributed by atoms with Gasteiger partial charge in [0.2, 0.25) is 5.91 Å². The van der Waals surface area contributed by atoms with Crippen LogP contribution in [0.2, 0.25) is 0 Å².